The maximum Gasteiger partial charge on any atom is 0.337 e. The number of rotatable bonds is 5. The highest BCUT2D eigenvalue weighted by Crippen LogP contribution is 2.21. The normalized spacial score (nSPS) is 10.5. The van der Waals surface area contributed by atoms with Crippen molar-refractivity contribution in [1.82, 2.24) is 4.73 Å². The number of anilines is 1. The molecule has 3 rings (SSSR count). The summed E-state index contributed by atoms with van der Waals surface area (Å²) in [5.41, 5.74) is 2.84. The molecular formula is C19H18N2O4. The van der Waals surface area contributed by atoms with Gasteiger partial charge in [-0.25, -0.2) is 4.79 Å². The predicted octanol–water partition coefficient (Wildman–Crippen LogP) is 2.67. The van der Waals surface area contributed by atoms with Gasteiger partial charge in [-0.3, -0.25) is 4.79 Å². The fraction of sp³-hybridized carbons (Fsp3) is 0.158. The summed E-state index contributed by atoms with van der Waals surface area (Å²) in [5, 5.41) is 3.80. The Bertz CT molecular complexity index is 913. The average Bonchev–Trinajstić information content (AvgIpc) is 2.99. The molecular weight excluding hydrogens is 320 g/mol. The highest BCUT2D eigenvalue weighted by atomic mass is 16.6. The second kappa shape index (κ2) is 7.09. The lowest BCUT2D eigenvalue weighted by Gasteiger charge is -2.06. The maximum atomic E-state index is 12.3. The first-order valence-corrected chi connectivity index (χ1v) is 7.74. The molecule has 0 saturated heterocycles. The number of fused-ring (bicyclic) bond motifs is 1. The molecule has 128 valence electrons. The lowest BCUT2D eigenvalue weighted by molar-refractivity contribution is -0.115. The zero-order valence-corrected chi connectivity index (χ0v) is 14.0. The van der Waals surface area contributed by atoms with Crippen LogP contribution in [0, 0.1) is 0 Å². The summed E-state index contributed by atoms with van der Waals surface area (Å²) < 4.78 is 6.29. The molecule has 25 heavy (non-hydrogen) atoms. The van der Waals surface area contributed by atoms with Gasteiger partial charge in [0.25, 0.3) is 0 Å². The van der Waals surface area contributed by atoms with E-state index in [0.717, 1.165) is 16.5 Å². The van der Waals surface area contributed by atoms with Crippen molar-refractivity contribution in [2.75, 3.05) is 19.5 Å². The molecule has 0 fully saturated rings. The molecule has 1 N–H and O–H groups in total. The lowest BCUT2D eigenvalue weighted by atomic mass is 10.1. The SMILES string of the molecule is COC(=O)c1ccc(NC(=O)Cc2cn(OC)c3ccccc23)cc1. The molecule has 0 saturated carbocycles. The highest BCUT2D eigenvalue weighted by Gasteiger charge is 2.12. The molecule has 1 amide bonds. The highest BCUT2D eigenvalue weighted by molar-refractivity contribution is 5.96. The van der Waals surface area contributed by atoms with Crippen molar-refractivity contribution in [2.45, 2.75) is 6.42 Å². The van der Waals surface area contributed by atoms with Crippen LogP contribution in [0.5, 0.6) is 0 Å². The molecule has 0 atom stereocenters. The number of aromatic nitrogens is 1. The third-order valence-corrected chi connectivity index (χ3v) is 3.90. The molecule has 0 aliphatic heterocycles. The Morgan fingerprint density at radius 3 is 2.44 bits per heavy atom. The van der Waals surface area contributed by atoms with Crippen molar-refractivity contribution >= 4 is 28.5 Å². The van der Waals surface area contributed by atoms with Crippen LogP contribution in [0.4, 0.5) is 5.69 Å². The Balaban J connectivity index is 1.74. The number of nitrogens with zero attached hydrogens (tertiary/aromatic N) is 1. The van der Waals surface area contributed by atoms with Crippen LogP contribution in [0.3, 0.4) is 0 Å². The number of hydrogen-bond donors (Lipinski definition) is 1. The summed E-state index contributed by atoms with van der Waals surface area (Å²) in [5.74, 6) is -0.560. The van der Waals surface area contributed by atoms with E-state index in [-0.39, 0.29) is 12.3 Å². The molecule has 0 bridgehead atoms. The van der Waals surface area contributed by atoms with Gasteiger partial charge in [-0.2, -0.15) is 4.73 Å². The van der Waals surface area contributed by atoms with Crippen LogP contribution in [0.25, 0.3) is 10.9 Å². The van der Waals surface area contributed by atoms with Crippen molar-refractivity contribution < 1.29 is 19.2 Å². The van der Waals surface area contributed by atoms with Gasteiger partial charge in [0.15, 0.2) is 0 Å². The summed E-state index contributed by atoms with van der Waals surface area (Å²) in [6.07, 6.45) is 2.03. The average molecular weight is 338 g/mol. The fourth-order valence-corrected chi connectivity index (χ4v) is 2.70. The number of carbonyl (C=O) groups excluding carboxylic acids is 2. The van der Waals surface area contributed by atoms with Crippen molar-refractivity contribution in [3.05, 3.63) is 65.9 Å². The monoisotopic (exact) mass is 338 g/mol. The van der Waals surface area contributed by atoms with Gasteiger partial charge in [0, 0.05) is 17.3 Å². The van der Waals surface area contributed by atoms with Crippen molar-refractivity contribution in [3.63, 3.8) is 0 Å². The number of hydrogen-bond acceptors (Lipinski definition) is 4. The number of methoxy groups -OCH3 is 1. The number of benzene rings is 2. The van der Waals surface area contributed by atoms with E-state index in [2.05, 4.69) is 10.1 Å². The molecule has 1 heterocycles. The Labute approximate surface area is 144 Å². The van der Waals surface area contributed by atoms with Crippen LogP contribution in [0.15, 0.2) is 54.7 Å². The first-order chi connectivity index (χ1) is 12.1. The fourth-order valence-electron chi connectivity index (χ4n) is 2.70. The number of para-hydroxylation sites is 1. The summed E-state index contributed by atoms with van der Waals surface area (Å²) in [6.45, 7) is 0. The number of nitrogens with one attached hydrogen (secondary N) is 1. The van der Waals surface area contributed by atoms with Crippen LogP contribution in [0.1, 0.15) is 15.9 Å². The zero-order valence-electron chi connectivity index (χ0n) is 14.0. The van der Waals surface area contributed by atoms with E-state index in [4.69, 9.17) is 4.84 Å². The minimum Gasteiger partial charge on any atom is -0.465 e. The summed E-state index contributed by atoms with van der Waals surface area (Å²) in [7, 11) is 2.91. The molecule has 0 radical (unpaired) electrons. The Kier molecular flexibility index (Phi) is 4.70. The number of esters is 1. The second-order valence-corrected chi connectivity index (χ2v) is 5.47. The van der Waals surface area contributed by atoms with Gasteiger partial charge in [-0.15, -0.1) is 0 Å². The van der Waals surface area contributed by atoms with E-state index in [9.17, 15) is 9.59 Å². The quantitative estimate of drug-likeness (QED) is 0.726. The van der Waals surface area contributed by atoms with E-state index in [1.54, 1.807) is 36.1 Å². The van der Waals surface area contributed by atoms with Crippen LogP contribution >= 0.6 is 0 Å². The molecule has 0 aliphatic rings. The number of carbonyl (C=O) groups is 2. The van der Waals surface area contributed by atoms with Gasteiger partial charge in [-0.05, 0) is 35.9 Å². The van der Waals surface area contributed by atoms with E-state index >= 15 is 0 Å². The number of amides is 1. The van der Waals surface area contributed by atoms with E-state index in [0.29, 0.717) is 11.3 Å². The molecule has 1 aromatic heterocycles. The summed E-state index contributed by atoms with van der Waals surface area (Å²) in [4.78, 5) is 29.1. The van der Waals surface area contributed by atoms with Gasteiger partial charge in [0.2, 0.25) is 5.91 Å². The number of ether oxygens (including phenoxy) is 1. The largest absolute Gasteiger partial charge is 0.465 e. The first kappa shape index (κ1) is 16.6. The molecule has 6 nitrogen and oxygen atoms in total. The topological polar surface area (TPSA) is 69.6 Å². The standard InChI is InChI=1S/C19H18N2O4/c1-24-19(23)13-7-9-15(10-8-13)20-18(22)11-14-12-21(25-2)17-6-4-3-5-16(14)17/h3-10,12H,11H2,1-2H3,(H,20,22). The van der Waals surface area contributed by atoms with Crippen molar-refractivity contribution in [1.29, 1.82) is 0 Å². The van der Waals surface area contributed by atoms with E-state index < -0.39 is 5.97 Å². The van der Waals surface area contributed by atoms with Crippen molar-refractivity contribution in [3.8, 4) is 0 Å². The van der Waals surface area contributed by atoms with E-state index in [1.807, 2.05) is 30.5 Å². The smallest absolute Gasteiger partial charge is 0.337 e. The van der Waals surface area contributed by atoms with Gasteiger partial charge < -0.3 is 14.9 Å². The van der Waals surface area contributed by atoms with Gasteiger partial charge in [-0.1, -0.05) is 18.2 Å². The van der Waals surface area contributed by atoms with Crippen LogP contribution in [-0.4, -0.2) is 30.8 Å². The zero-order chi connectivity index (χ0) is 17.8. The van der Waals surface area contributed by atoms with Crippen LogP contribution in [-0.2, 0) is 16.0 Å². The van der Waals surface area contributed by atoms with Gasteiger partial charge in [0.1, 0.15) is 7.11 Å². The third-order valence-electron chi connectivity index (χ3n) is 3.90. The maximum absolute atomic E-state index is 12.3. The second-order valence-electron chi connectivity index (χ2n) is 5.47. The van der Waals surface area contributed by atoms with E-state index in [1.165, 1.54) is 7.11 Å². The molecule has 0 aliphatic carbocycles. The van der Waals surface area contributed by atoms with Crippen LogP contribution in [0.2, 0.25) is 0 Å². The summed E-state index contributed by atoms with van der Waals surface area (Å²) >= 11 is 0. The Hall–Kier alpha value is -3.28. The Morgan fingerprint density at radius 1 is 1.04 bits per heavy atom. The first-order valence-electron chi connectivity index (χ1n) is 7.74. The molecule has 2 aromatic carbocycles. The molecule has 0 spiro atoms. The van der Waals surface area contributed by atoms with Crippen molar-refractivity contribution in [2.24, 2.45) is 0 Å². The molecule has 0 unspecified atom stereocenters. The van der Waals surface area contributed by atoms with Gasteiger partial charge in [0.05, 0.1) is 24.6 Å². The minimum atomic E-state index is -0.412. The summed E-state index contributed by atoms with van der Waals surface area (Å²) in [6, 6.07) is 14.3. The molecule has 6 heteroatoms. The lowest BCUT2D eigenvalue weighted by Crippen LogP contribution is -2.14. The van der Waals surface area contributed by atoms with Crippen LogP contribution < -0.4 is 10.2 Å². The Morgan fingerprint density at radius 2 is 1.76 bits per heavy atom. The third kappa shape index (κ3) is 3.47. The molecule has 3 aromatic rings. The minimum absolute atomic E-state index is 0.148. The van der Waals surface area contributed by atoms with Gasteiger partial charge >= 0.3 is 5.97 Å². The predicted molar refractivity (Wildman–Crippen MR) is 94.6 cm³/mol.